The van der Waals surface area contributed by atoms with Gasteiger partial charge in [0.15, 0.2) is 0 Å². The average molecular weight is 339 g/mol. The maximum Gasteiger partial charge on any atom is 0.255 e. The van der Waals surface area contributed by atoms with Crippen molar-refractivity contribution in [2.45, 2.75) is 38.7 Å². The van der Waals surface area contributed by atoms with E-state index in [2.05, 4.69) is 19.2 Å². The summed E-state index contributed by atoms with van der Waals surface area (Å²) in [6.07, 6.45) is 2.37. The van der Waals surface area contributed by atoms with E-state index in [1.54, 1.807) is 0 Å². The number of carbonyl (C=O) groups is 1. The summed E-state index contributed by atoms with van der Waals surface area (Å²) in [6, 6.07) is 15.2. The van der Waals surface area contributed by atoms with Crippen LogP contribution in [0.15, 0.2) is 48.5 Å². The molecule has 1 atom stereocenters. The van der Waals surface area contributed by atoms with E-state index in [-0.39, 0.29) is 12.0 Å². The summed E-state index contributed by atoms with van der Waals surface area (Å²) in [5, 5.41) is 2.91. The number of nitrogens with one attached hydrogen (secondary N) is 1. The fourth-order valence-corrected chi connectivity index (χ4v) is 2.82. The highest BCUT2D eigenvalue weighted by molar-refractivity contribution is 6.04. The lowest BCUT2D eigenvalue weighted by Gasteiger charge is -2.12. The number of anilines is 1. The van der Waals surface area contributed by atoms with Gasteiger partial charge in [-0.2, -0.15) is 0 Å². The molecular formula is C21H25NO3. The number of hydrogen-bond donors (Lipinski definition) is 1. The van der Waals surface area contributed by atoms with Gasteiger partial charge in [0.25, 0.3) is 5.91 Å². The third-order valence-electron chi connectivity index (χ3n) is 4.41. The van der Waals surface area contributed by atoms with Crippen LogP contribution in [0.5, 0.6) is 5.75 Å². The van der Waals surface area contributed by atoms with Crippen molar-refractivity contribution in [2.24, 2.45) is 0 Å². The highest BCUT2D eigenvalue weighted by Crippen LogP contribution is 2.20. The highest BCUT2D eigenvalue weighted by atomic mass is 16.5. The molecule has 1 amide bonds. The molecule has 1 saturated heterocycles. The van der Waals surface area contributed by atoms with Gasteiger partial charge in [0.05, 0.1) is 6.10 Å². The fourth-order valence-electron chi connectivity index (χ4n) is 2.82. The Morgan fingerprint density at radius 2 is 1.88 bits per heavy atom. The molecule has 2 aromatic carbocycles. The summed E-state index contributed by atoms with van der Waals surface area (Å²) < 4.78 is 11.3. The van der Waals surface area contributed by atoms with Crippen molar-refractivity contribution in [3.05, 3.63) is 59.7 Å². The number of carbonyl (C=O) groups excluding carboxylic acids is 1. The smallest absolute Gasteiger partial charge is 0.255 e. The van der Waals surface area contributed by atoms with Crippen LogP contribution in [0.2, 0.25) is 0 Å². The van der Waals surface area contributed by atoms with Crippen LogP contribution in [0, 0.1) is 0 Å². The quantitative estimate of drug-likeness (QED) is 0.835. The van der Waals surface area contributed by atoms with Crippen molar-refractivity contribution in [3.8, 4) is 5.75 Å². The zero-order valence-electron chi connectivity index (χ0n) is 14.8. The van der Waals surface area contributed by atoms with Crippen molar-refractivity contribution in [1.29, 1.82) is 0 Å². The van der Waals surface area contributed by atoms with E-state index in [4.69, 9.17) is 9.47 Å². The summed E-state index contributed by atoms with van der Waals surface area (Å²) >= 11 is 0. The molecule has 0 unspecified atom stereocenters. The van der Waals surface area contributed by atoms with Crippen molar-refractivity contribution in [3.63, 3.8) is 0 Å². The average Bonchev–Trinajstić information content (AvgIpc) is 3.15. The molecule has 1 aliphatic heterocycles. The standard InChI is InChI=1S/C21H25NO3/c1-15(2)16-5-7-17(8-6-16)21(23)22-18-9-11-19(12-10-18)25-14-20-4-3-13-24-20/h5-12,15,20H,3-4,13-14H2,1-2H3,(H,22,23)/t20-/m1/s1. The van der Waals surface area contributed by atoms with Crippen LogP contribution in [-0.2, 0) is 4.74 Å². The van der Waals surface area contributed by atoms with Crippen LogP contribution in [-0.4, -0.2) is 25.2 Å². The number of benzene rings is 2. The van der Waals surface area contributed by atoms with Crippen LogP contribution < -0.4 is 10.1 Å². The van der Waals surface area contributed by atoms with E-state index in [9.17, 15) is 4.79 Å². The topological polar surface area (TPSA) is 47.6 Å². The van der Waals surface area contributed by atoms with E-state index in [1.165, 1.54) is 5.56 Å². The van der Waals surface area contributed by atoms with Gasteiger partial charge in [-0.05, 0) is 60.7 Å². The zero-order chi connectivity index (χ0) is 17.6. The molecule has 3 rings (SSSR count). The second kappa shape index (κ2) is 8.17. The summed E-state index contributed by atoms with van der Waals surface area (Å²) in [6.45, 7) is 5.68. The van der Waals surface area contributed by atoms with E-state index >= 15 is 0 Å². The zero-order valence-corrected chi connectivity index (χ0v) is 14.8. The summed E-state index contributed by atoms with van der Waals surface area (Å²) in [7, 11) is 0. The molecule has 25 heavy (non-hydrogen) atoms. The predicted octanol–water partition coefficient (Wildman–Crippen LogP) is 4.62. The first-order chi connectivity index (χ1) is 12.1. The van der Waals surface area contributed by atoms with Gasteiger partial charge in [-0.3, -0.25) is 4.79 Å². The van der Waals surface area contributed by atoms with E-state index < -0.39 is 0 Å². The van der Waals surface area contributed by atoms with Gasteiger partial charge in [-0.15, -0.1) is 0 Å². The lowest BCUT2D eigenvalue weighted by Crippen LogP contribution is -2.16. The van der Waals surface area contributed by atoms with Crippen molar-refractivity contribution >= 4 is 11.6 Å². The second-order valence-corrected chi connectivity index (χ2v) is 6.70. The first kappa shape index (κ1) is 17.5. The van der Waals surface area contributed by atoms with Gasteiger partial charge >= 0.3 is 0 Å². The highest BCUT2D eigenvalue weighted by Gasteiger charge is 2.16. The van der Waals surface area contributed by atoms with Crippen molar-refractivity contribution < 1.29 is 14.3 Å². The van der Waals surface area contributed by atoms with Gasteiger partial charge in [-0.25, -0.2) is 0 Å². The Balaban J connectivity index is 1.54. The normalized spacial score (nSPS) is 16.8. The first-order valence-electron chi connectivity index (χ1n) is 8.87. The Morgan fingerprint density at radius 1 is 1.16 bits per heavy atom. The van der Waals surface area contributed by atoms with Gasteiger partial charge < -0.3 is 14.8 Å². The number of rotatable bonds is 6. The first-order valence-corrected chi connectivity index (χ1v) is 8.87. The number of hydrogen-bond acceptors (Lipinski definition) is 3. The Morgan fingerprint density at radius 3 is 2.48 bits per heavy atom. The molecule has 0 aliphatic carbocycles. The molecule has 0 saturated carbocycles. The van der Waals surface area contributed by atoms with E-state index in [1.807, 2.05) is 48.5 Å². The molecule has 1 N–H and O–H groups in total. The van der Waals surface area contributed by atoms with Gasteiger partial charge in [0.2, 0.25) is 0 Å². The van der Waals surface area contributed by atoms with Crippen molar-refractivity contribution in [2.75, 3.05) is 18.5 Å². The molecule has 0 spiro atoms. The minimum atomic E-state index is -0.108. The minimum Gasteiger partial charge on any atom is -0.491 e. The second-order valence-electron chi connectivity index (χ2n) is 6.70. The number of amides is 1. The van der Waals surface area contributed by atoms with Crippen LogP contribution in [0.25, 0.3) is 0 Å². The maximum absolute atomic E-state index is 12.3. The molecule has 4 nitrogen and oxygen atoms in total. The largest absolute Gasteiger partial charge is 0.491 e. The SMILES string of the molecule is CC(C)c1ccc(C(=O)Nc2ccc(OC[C@H]3CCCO3)cc2)cc1. The summed E-state index contributed by atoms with van der Waals surface area (Å²) in [5.41, 5.74) is 2.63. The van der Waals surface area contributed by atoms with E-state index in [0.717, 1.165) is 30.9 Å². The summed E-state index contributed by atoms with van der Waals surface area (Å²) in [4.78, 5) is 12.3. The van der Waals surface area contributed by atoms with Crippen LogP contribution >= 0.6 is 0 Å². The lowest BCUT2D eigenvalue weighted by molar-refractivity contribution is 0.0679. The fraction of sp³-hybridized carbons (Fsp3) is 0.381. The maximum atomic E-state index is 12.3. The molecule has 0 aromatic heterocycles. The van der Waals surface area contributed by atoms with Crippen molar-refractivity contribution in [1.82, 2.24) is 0 Å². The third kappa shape index (κ3) is 4.83. The van der Waals surface area contributed by atoms with Gasteiger partial charge in [0.1, 0.15) is 12.4 Å². The molecule has 4 heteroatoms. The summed E-state index contributed by atoms with van der Waals surface area (Å²) in [5.74, 6) is 1.14. The van der Waals surface area contributed by atoms with Crippen LogP contribution in [0.1, 0.15) is 48.5 Å². The predicted molar refractivity (Wildman–Crippen MR) is 99.4 cm³/mol. The Labute approximate surface area is 149 Å². The molecule has 1 heterocycles. The lowest BCUT2D eigenvalue weighted by atomic mass is 10.0. The Hall–Kier alpha value is -2.33. The van der Waals surface area contributed by atoms with Crippen LogP contribution in [0.3, 0.4) is 0 Å². The molecule has 2 aromatic rings. The molecule has 1 aliphatic rings. The molecule has 1 fully saturated rings. The van der Waals surface area contributed by atoms with Gasteiger partial charge in [0, 0.05) is 17.9 Å². The molecule has 132 valence electrons. The number of ether oxygens (including phenoxy) is 2. The monoisotopic (exact) mass is 339 g/mol. The molecule has 0 bridgehead atoms. The van der Waals surface area contributed by atoms with E-state index in [0.29, 0.717) is 18.1 Å². The minimum absolute atomic E-state index is 0.108. The Kier molecular flexibility index (Phi) is 5.71. The third-order valence-corrected chi connectivity index (χ3v) is 4.41. The Bertz CT molecular complexity index is 686. The van der Waals surface area contributed by atoms with Gasteiger partial charge in [-0.1, -0.05) is 26.0 Å². The molecule has 0 radical (unpaired) electrons. The van der Waals surface area contributed by atoms with Crippen LogP contribution in [0.4, 0.5) is 5.69 Å². The molecular weight excluding hydrogens is 314 g/mol.